The molecule has 2 heteroatoms. The second kappa shape index (κ2) is 6.02. The summed E-state index contributed by atoms with van der Waals surface area (Å²) in [6.45, 7) is 5.02. The van der Waals surface area contributed by atoms with Crippen LogP contribution in [-0.2, 0) is 0 Å². The normalized spacial score (nSPS) is 49.0. The van der Waals surface area contributed by atoms with Crippen LogP contribution in [0.5, 0.6) is 0 Å². The van der Waals surface area contributed by atoms with Crippen molar-refractivity contribution in [3.05, 3.63) is 23.3 Å². The lowest BCUT2D eigenvalue weighted by molar-refractivity contribution is -0.0904. The Labute approximate surface area is 152 Å². The number of hydrogen-bond acceptors (Lipinski definition) is 2. The molecule has 0 aromatic rings. The number of nitriles is 2. The molecule has 0 aromatic carbocycles. The van der Waals surface area contributed by atoms with Crippen molar-refractivity contribution < 1.29 is 0 Å². The molecule has 4 aliphatic carbocycles. The van der Waals surface area contributed by atoms with Crippen molar-refractivity contribution in [3.63, 3.8) is 0 Å². The molecule has 0 radical (unpaired) electrons. The van der Waals surface area contributed by atoms with E-state index in [4.69, 9.17) is 5.26 Å². The molecule has 4 aliphatic rings. The first-order chi connectivity index (χ1) is 12.0. The highest BCUT2D eigenvalue weighted by atomic mass is 14.6. The van der Waals surface area contributed by atoms with E-state index in [0.717, 1.165) is 42.9 Å². The maximum Gasteiger partial charge on any atom is 0.0911 e. The zero-order chi connectivity index (χ0) is 17.7. The molecule has 6 atom stereocenters. The van der Waals surface area contributed by atoms with Crippen LogP contribution in [0.3, 0.4) is 0 Å². The van der Waals surface area contributed by atoms with E-state index in [-0.39, 0.29) is 0 Å². The van der Waals surface area contributed by atoms with Crippen molar-refractivity contribution in [1.82, 2.24) is 0 Å². The lowest BCUT2D eigenvalue weighted by Gasteiger charge is -2.60. The highest BCUT2D eigenvalue weighted by Crippen LogP contribution is 2.67. The first kappa shape index (κ1) is 16.9. The molecule has 132 valence electrons. The molecule has 0 spiro atoms. The predicted octanol–water partition coefficient (Wildman–Crippen LogP) is 5.93. The average Bonchev–Trinajstić information content (AvgIpc) is 2.93. The Morgan fingerprint density at radius 2 is 1.72 bits per heavy atom. The molecule has 0 amide bonds. The van der Waals surface area contributed by atoms with E-state index < -0.39 is 0 Å². The molecule has 4 rings (SSSR count). The van der Waals surface area contributed by atoms with Gasteiger partial charge in [0.25, 0.3) is 0 Å². The lowest BCUT2D eigenvalue weighted by Crippen LogP contribution is -2.52. The largest absolute Gasteiger partial charge is 0.193 e. The quantitative estimate of drug-likeness (QED) is 0.515. The monoisotopic (exact) mass is 334 g/mol. The first-order valence-corrected chi connectivity index (χ1v) is 10.2. The average molecular weight is 335 g/mol. The van der Waals surface area contributed by atoms with Gasteiger partial charge in [0, 0.05) is 12.2 Å². The van der Waals surface area contributed by atoms with E-state index in [1.807, 2.05) is 12.2 Å². The van der Waals surface area contributed by atoms with Crippen LogP contribution in [0.1, 0.15) is 71.6 Å². The van der Waals surface area contributed by atoms with E-state index in [1.54, 1.807) is 0 Å². The van der Waals surface area contributed by atoms with E-state index in [2.05, 4.69) is 26.0 Å². The summed E-state index contributed by atoms with van der Waals surface area (Å²) >= 11 is 0. The van der Waals surface area contributed by atoms with Crippen molar-refractivity contribution in [2.75, 3.05) is 0 Å². The molecular formula is C23H30N2. The van der Waals surface area contributed by atoms with Crippen LogP contribution in [0.25, 0.3) is 0 Å². The molecule has 0 bridgehead atoms. The van der Waals surface area contributed by atoms with Crippen LogP contribution in [0, 0.1) is 57.2 Å². The first-order valence-electron chi connectivity index (χ1n) is 10.2. The summed E-state index contributed by atoms with van der Waals surface area (Å²) in [5, 5.41) is 18.2. The summed E-state index contributed by atoms with van der Waals surface area (Å²) in [6.07, 6.45) is 15.0. The molecule has 25 heavy (non-hydrogen) atoms. The summed E-state index contributed by atoms with van der Waals surface area (Å²) < 4.78 is 0. The Morgan fingerprint density at radius 3 is 2.48 bits per heavy atom. The second-order valence-electron chi connectivity index (χ2n) is 9.59. The zero-order valence-corrected chi connectivity index (χ0v) is 15.7. The lowest BCUT2D eigenvalue weighted by atomic mass is 9.45. The topological polar surface area (TPSA) is 47.6 Å². The van der Waals surface area contributed by atoms with Crippen LogP contribution in [0.15, 0.2) is 23.3 Å². The molecule has 0 aromatic heterocycles. The van der Waals surface area contributed by atoms with Crippen LogP contribution < -0.4 is 0 Å². The van der Waals surface area contributed by atoms with E-state index in [0.29, 0.717) is 10.8 Å². The fourth-order valence-electron chi connectivity index (χ4n) is 7.49. The van der Waals surface area contributed by atoms with Crippen molar-refractivity contribution in [3.8, 4) is 12.1 Å². The fourth-order valence-corrected chi connectivity index (χ4v) is 7.49. The molecule has 0 aliphatic heterocycles. The van der Waals surface area contributed by atoms with Crippen LogP contribution in [-0.4, -0.2) is 0 Å². The Morgan fingerprint density at radius 1 is 0.920 bits per heavy atom. The van der Waals surface area contributed by atoms with Crippen LogP contribution >= 0.6 is 0 Å². The van der Waals surface area contributed by atoms with Crippen LogP contribution in [0.4, 0.5) is 0 Å². The van der Waals surface area contributed by atoms with Gasteiger partial charge in [0.1, 0.15) is 0 Å². The van der Waals surface area contributed by atoms with Gasteiger partial charge in [0.05, 0.1) is 12.1 Å². The third-order valence-electron chi connectivity index (χ3n) is 8.91. The maximum absolute atomic E-state index is 9.17. The van der Waals surface area contributed by atoms with E-state index in [9.17, 15) is 5.26 Å². The molecule has 0 heterocycles. The van der Waals surface area contributed by atoms with Gasteiger partial charge in [0.2, 0.25) is 0 Å². The predicted molar refractivity (Wildman–Crippen MR) is 99.1 cm³/mol. The molecule has 0 saturated heterocycles. The van der Waals surface area contributed by atoms with Gasteiger partial charge in [-0.15, -0.1) is 0 Å². The zero-order valence-electron chi connectivity index (χ0n) is 15.7. The van der Waals surface area contributed by atoms with Gasteiger partial charge in [-0.2, -0.15) is 10.5 Å². The van der Waals surface area contributed by atoms with Gasteiger partial charge >= 0.3 is 0 Å². The molecule has 6 unspecified atom stereocenters. The minimum absolute atomic E-state index is 0.292. The third kappa shape index (κ3) is 2.41. The number of rotatable bonds is 0. The SMILES string of the molecule is CC12CCC3C(CCC4C/C(=C/C#N)CCC43C)C1CC/C2=C\C#N. The smallest absolute Gasteiger partial charge is 0.0911 e. The molecular weight excluding hydrogens is 304 g/mol. The van der Waals surface area contributed by atoms with Gasteiger partial charge in [-0.25, -0.2) is 0 Å². The Bertz CT molecular complexity index is 703. The van der Waals surface area contributed by atoms with Crippen molar-refractivity contribution in [1.29, 1.82) is 10.5 Å². The van der Waals surface area contributed by atoms with Gasteiger partial charge in [-0.05, 0) is 92.3 Å². The number of fused-ring (bicyclic) bond motifs is 5. The van der Waals surface area contributed by atoms with E-state index >= 15 is 0 Å². The Hall–Kier alpha value is -1.54. The fraction of sp³-hybridized carbons (Fsp3) is 0.739. The number of hydrogen-bond donors (Lipinski definition) is 0. The van der Waals surface area contributed by atoms with Crippen molar-refractivity contribution in [2.45, 2.75) is 71.6 Å². The summed E-state index contributed by atoms with van der Waals surface area (Å²) in [7, 11) is 0. The van der Waals surface area contributed by atoms with Gasteiger partial charge in [-0.1, -0.05) is 25.0 Å². The highest BCUT2D eigenvalue weighted by molar-refractivity contribution is 5.28. The maximum atomic E-state index is 9.17. The van der Waals surface area contributed by atoms with Gasteiger partial charge in [0.15, 0.2) is 0 Å². The summed E-state index contributed by atoms with van der Waals surface area (Å²) in [6, 6.07) is 4.57. The minimum Gasteiger partial charge on any atom is -0.193 e. The summed E-state index contributed by atoms with van der Waals surface area (Å²) in [5.41, 5.74) is 3.59. The Kier molecular flexibility index (Phi) is 4.07. The standard InChI is InChI=1S/C23H30N2/c1-22-12-8-21-19(20(22)6-4-17(22)10-14-25)5-3-18-15-16(9-13-24)7-11-23(18,21)2/h9-10,18-21H,3-8,11-12,15H2,1-2H3/b16-9+,17-10+. The minimum atomic E-state index is 0.292. The van der Waals surface area contributed by atoms with Crippen molar-refractivity contribution >= 4 is 0 Å². The van der Waals surface area contributed by atoms with E-state index in [1.165, 1.54) is 49.7 Å². The summed E-state index contributed by atoms with van der Waals surface area (Å²) in [4.78, 5) is 0. The highest BCUT2D eigenvalue weighted by Gasteiger charge is 2.58. The number of nitrogens with zero attached hydrogens (tertiary/aromatic N) is 2. The summed E-state index contributed by atoms with van der Waals surface area (Å²) in [5.74, 6) is 3.28. The van der Waals surface area contributed by atoms with Crippen molar-refractivity contribution in [2.24, 2.45) is 34.5 Å². The van der Waals surface area contributed by atoms with Gasteiger partial charge < -0.3 is 0 Å². The molecule has 4 saturated carbocycles. The number of allylic oxidation sites excluding steroid dienone is 4. The third-order valence-corrected chi connectivity index (χ3v) is 8.91. The Balaban J connectivity index is 1.61. The molecule has 4 fully saturated rings. The van der Waals surface area contributed by atoms with Crippen LogP contribution in [0.2, 0.25) is 0 Å². The second-order valence-corrected chi connectivity index (χ2v) is 9.59. The molecule has 0 N–H and O–H groups in total. The molecule has 2 nitrogen and oxygen atoms in total. The van der Waals surface area contributed by atoms with Gasteiger partial charge in [-0.3, -0.25) is 0 Å².